The lowest BCUT2D eigenvalue weighted by Gasteiger charge is -2.34. The van der Waals surface area contributed by atoms with Crippen LogP contribution in [0.1, 0.15) is 11.1 Å². The predicted molar refractivity (Wildman–Crippen MR) is 94.6 cm³/mol. The average Bonchev–Trinajstić information content (AvgIpc) is 2.66. The number of benzene rings is 2. The lowest BCUT2D eigenvalue weighted by atomic mass is 9.98. The average molecular weight is 336 g/mol. The molecular weight excluding hydrogens is 316 g/mol. The van der Waals surface area contributed by atoms with Crippen molar-refractivity contribution in [1.82, 2.24) is 0 Å². The van der Waals surface area contributed by atoms with Gasteiger partial charge >= 0.3 is 0 Å². The van der Waals surface area contributed by atoms with Gasteiger partial charge < -0.3 is 14.4 Å². The minimum Gasteiger partial charge on any atom is -0.479 e. The molecule has 0 aliphatic carbocycles. The molecule has 0 fully saturated rings. The quantitative estimate of drug-likeness (QED) is 0.842. The van der Waals surface area contributed by atoms with Crippen LogP contribution in [0.3, 0.4) is 0 Å². The van der Waals surface area contributed by atoms with Gasteiger partial charge in [-0.2, -0.15) is 5.26 Å². The van der Waals surface area contributed by atoms with Crippen LogP contribution in [0, 0.1) is 11.3 Å². The second-order valence-electron chi connectivity index (χ2n) is 5.96. The van der Waals surface area contributed by atoms with Crippen molar-refractivity contribution in [2.45, 2.75) is 18.9 Å². The van der Waals surface area contributed by atoms with Gasteiger partial charge in [0.2, 0.25) is 5.91 Å². The van der Waals surface area contributed by atoms with Crippen LogP contribution in [0.2, 0.25) is 0 Å². The van der Waals surface area contributed by atoms with Crippen LogP contribution in [0.15, 0.2) is 48.5 Å². The van der Waals surface area contributed by atoms with E-state index in [1.54, 1.807) is 19.2 Å². The van der Waals surface area contributed by atoms with Gasteiger partial charge in [0, 0.05) is 19.2 Å². The highest BCUT2D eigenvalue weighted by molar-refractivity contribution is 5.96. The van der Waals surface area contributed by atoms with E-state index in [1.807, 2.05) is 47.4 Å². The van der Waals surface area contributed by atoms with Crippen molar-refractivity contribution in [3.63, 3.8) is 0 Å². The fourth-order valence-electron chi connectivity index (χ4n) is 3.04. The summed E-state index contributed by atoms with van der Waals surface area (Å²) < 4.78 is 10.7. The molecule has 1 aliphatic rings. The van der Waals surface area contributed by atoms with E-state index in [2.05, 4.69) is 0 Å². The van der Waals surface area contributed by atoms with Crippen LogP contribution in [0.25, 0.3) is 0 Å². The number of hydrogen-bond donors (Lipinski definition) is 0. The summed E-state index contributed by atoms with van der Waals surface area (Å²) in [6.45, 7) is 0.580. The Balaban J connectivity index is 1.73. The van der Waals surface area contributed by atoms with E-state index in [-0.39, 0.29) is 18.6 Å². The Bertz CT molecular complexity index is 780. The van der Waals surface area contributed by atoms with Gasteiger partial charge in [-0.05, 0) is 29.3 Å². The fourth-order valence-corrected chi connectivity index (χ4v) is 3.04. The zero-order valence-corrected chi connectivity index (χ0v) is 14.1. The Morgan fingerprint density at radius 1 is 1.24 bits per heavy atom. The molecule has 1 atom stereocenters. The van der Waals surface area contributed by atoms with Crippen LogP contribution in [0.4, 0.5) is 5.69 Å². The number of methoxy groups -OCH3 is 1. The number of fused-ring (bicyclic) bond motifs is 1. The molecular formula is C20H20N2O3. The monoisotopic (exact) mass is 336 g/mol. The summed E-state index contributed by atoms with van der Waals surface area (Å²) in [6, 6.07) is 17.2. The van der Waals surface area contributed by atoms with Crippen molar-refractivity contribution in [1.29, 1.82) is 5.26 Å². The molecule has 128 valence electrons. The van der Waals surface area contributed by atoms with Gasteiger partial charge in [-0.1, -0.05) is 30.3 Å². The fraction of sp³-hybridized carbons (Fsp3) is 0.300. The number of amides is 1. The first-order valence-electron chi connectivity index (χ1n) is 8.21. The Morgan fingerprint density at radius 2 is 2.00 bits per heavy atom. The summed E-state index contributed by atoms with van der Waals surface area (Å²) in [5.74, 6) is 0.667. The largest absolute Gasteiger partial charge is 0.479 e. The Kier molecular flexibility index (Phi) is 5.32. The number of nitriles is 1. The number of ether oxygens (including phenoxy) is 2. The van der Waals surface area contributed by atoms with E-state index in [4.69, 9.17) is 14.7 Å². The maximum absolute atomic E-state index is 12.8. The number of anilines is 1. The molecule has 5 heteroatoms. The molecule has 5 nitrogen and oxygen atoms in total. The number of para-hydroxylation sites is 1. The summed E-state index contributed by atoms with van der Waals surface area (Å²) in [5.41, 5.74) is 3.01. The molecule has 0 saturated carbocycles. The van der Waals surface area contributed by atoms with Crippen LogP contribution < -0.4 is 9.64 Å². The van der Waals surface area contributed by atoms with Crippen molar-refractivity contribution in [2.24, 2.45) is 0 Å². The lowest BCUT2D eigenvalue weighted by molar-refractivity contribution is -0.118. The topological polar surface area (TPSA) is 62.6 Å². The normalized spacial score (nSPS) is 16.0. The first-order valence-corrected chi connectivity index (χ1v) is 8.21. The van der Waals surface area contributed by atoms with Gasteiger partial charge in [0.25, 0.3) is 0 Å². The van der Waals surface area contributed by atoms with E-state index >= 15 is 0 Å². The summed E-state index contributed by atoms with van der Waals surface area (Å²) in [7, 11) is 1.68. The van der Waals surface area contributed by atoms with Crippen molar-refractivity contribution in [3.8, 4) is 11.8 Å². The minimum absolute atomic E-state index is 0.0145. The molecule has 0 aromatic heterocycles. The van der Waals surface area contributed by atoms with E-state index in [0.29, 0.717) is 18.7 Å². The highest BCUT2D eigenvalue weighted by Gasteiger charge is 2.28. The van der Waals surface area contributed by atoms with E-state index < -0.39 is 0 Å². The third kappa shape index (κ3) is 3.98. The van der Waals surface area contributed by atoms with Crippen LogP contribution in [-0.2, 0) is 22.4 Å². The number of carbonyl (C=O) groups is 1. The number of carbonyl (C=O) groups excluding carboxylic acids is 1. The zero-order valence-electron chi connectivity index (χ0n) is 14.1. The molecule has 1 unspecified atom stereocenters. The van der Waals surface area contributed by atoms with Crippen molar-refractivity contribution in [3.05, 3.63) is 59.7 Å². The van der Waals surface area contributed by atoms with Crippen molar-refractivity contribution < 1.29 is 14.3 Å². The summed E-state index contributed by atoms with van der Waals surface area (Å²) in [6.07, 6.45) is 1.14. The van der Waals surface area contributed by atoms with Gasteiger partial charge in [-0.15, -0.1) is 0 Å². The SMILES string of the molecule is COC1Cc2ccccc2N(C(=O)Cc2ccc(OCC#N)cc2)C1. The number of rotatable bonds is 5. The highest BCUT2D eigenvalue weighted by Crippen LogP contribution is 2.28. The molecule has 1 heterocycles. The van der Waals surface area contributed by atoms with Crippen LogP contribution in [-0.4, -0.2) is 32.3 Å². The smallest absolute Gasteiger partial charge is 0.231 e. The predicted octanol–water partition coefficient (Wildman–Crippen LogP) is 2.74. The minimum atomic E-state index is 0.0145. The van der Waals surface area contributed by atoms with E-state index in [0.717, 1.165) is 23.2 Å². The van der Waals surface area contributed by atoms with Gasteiger partial charge in [0.05, 0.1) is 19.1 Å². The van der Waals surface area contributed by atoms with Crippen molar-refractivity contribution in [2.75, 3.05) is 25.2 Å². The van der Waals surface area contributed by atoms with Gasteiger partial charge in [0.15, 0.2) is 6.61 Å². The Labute approximate surface area is 147 Å². The molecule has 1 amide bonds. The molecule has 0 bridgehead atoms. The second kappa shape index (κ2) is 7.82. The molecule has 2 aromatic carbocycles. The van der Waals surface area contributed by atoms with Gasteiger partial charge in [-0.25, -0.2) is 0 Å². The summed E-state index contributed by atoms with van der Waals surface area (Å²) >= 11 is 0. The molecule has 25 heavy (non-hydrogen) atoms. The molecule has 0 saturated heterocycles. The second-order valence-corrected chi connectivity index (χ2v) is 5.96. The highest BCUT2D eigenvalue weighted by atomic mass is 16.5. The third-order valence-electron chi connectivity index (χ3n) is 4.33. The van der Waals surface area contributed by atoms with Gasteiger partial charge in [0.1, 0.15) is 11.8 Å². The van der Waals surface area contributed by atoms with Crippen LogP contribution >= 0.6 is 0 Å². The molecule has 2 aromatic rings. The summed E-state index contributed by atoms with van der Waals surface area (Å²) in [5, 5.41) is 8.53. The Morgan fingerprint density at radius 3 is 2.72 bits per heavy atom. The lowest BCUT2D eigenvalue weighted by Crippen LogP contribution is -2.43. The first kappa shape index (κ1) is 17.0. The Hall–Kier alpha value is -2.84. The zero-order chi connectivity index (χ0) is 17.6. The molecule has 0 radical (unpaired) electrons. The standard InChI is InChI=1S/C20H20N2O3/c1-24-18-13-16-4-2-3-5-19(16)22(14-18)20(23)12-15-6-8-17(9-7-15)25-11-10-21/h2-9,18H,11-14H2,1H3. The molecule has 0 spiro atoms. The van der Waals surface area contributed by atoms with Crippen LogP contribution in [0.5, 0.6) is 5.75 Å². The maximum atomic E-state index is 12.8. The first-order chi connectivity index (χ1) is 12.2. The maximum Gasteiger partial charge on any atom is 0.231 e. The number of nitrogens with zero attached hydrogens (tertiary/aromatic N) is 2. The number of hydrogen-bond acceptors (Lipinski definition) is 4. The third-order valence-corrected chi connectivity index (χ3v) is 4.33. The molecule has 1 aliphatic heterocycles. The van der Waals surface area contributed by atoms with E-state index in [1.165, 1.54) is 0 Å². The van der Waals surface area contributed by atoms with Crippen molar-refractivity contribution >= 4 is 11.6 Å². The molecule has 3 rings (SSSR count). The van der Waals surface area contributed by atoms with Gasteiger partial charge in [-0.3, -0.25) is 4.79 Å². The summed E-state index contributed by atoms with van der Waals surface area (Å²) in [4.78, 5) is 14.7. The van der Waals surface area contributed by atoms with E-state index in [9.17, 15) is 4.79 Å². The molecule has 0 N–H and O–H groups in total.